The summed E-state index contributed by atoms with van der Waals surface area (Å²) in [6.45, 7) is 9.19. The molecule has 0 amide bonds. The zero-order chi connectivity index (χ0) is 9.11. The first-order valence-corrected chi connectivity index (χ1v) is 3.71. The molecular formula is C9H18O2. The Kier molecular flexibility index (Phi) is 14.3. The Hall–Kier alpha value is -0.600. The van der Waals surface area contributed by atoms with Crippen molar-refractivity contribution in [2.24, 2.45) is 5.92 Å². The Balaban J connectivity index is 0. The van der Waals surface area contributed by atoms with Crippen molar-refractivity contribution in [3.63, 3.8) is 0 Å². The molecule has 11 heavy (non-hydrogen) atoms. The van der Waals surface area contributed by atoms with Crippen molar-refractivity contribution >= 4 is 0 Å². The Morgan fingerprint density at radius 2 is 1.82 bits per heavy atom. The SMILES string of the molecule is C=CCC(C=C)CO.CCO. The van der Waals surface area contributed by atoms with Gasteiger partial charge in [-0.15, -0.1) is 13.2 Å². The summed E-state index contributed by atoms with van der Waals surface area (Å²) in [4.78, 5) is 0. The van der Waals surface area contributed by atoms with E-state index in [1.165, 1.54) is 0 Å². The predicted octanol–water partition coefficient (Wildman–Crippen LogP) is 1.36. The van der Waals surface area contributed by atoms with Crippen LogP contribution in [0, 0.1) is 5.92 Å². The lowest BCUT2D eigenvalue weighted by Crippen LogP contribution is -1.98. The lowest BCUT2D eigenvalue weighted by atomic mass is 10.1. The third-order valence-electron chi connectivity index (χ3n) is 1.04. The van der Waals surface area contributed by atoms with Gasteiger partial charge in [0.05, 0.1) is 0 Å². The molecule has 0 bridgehead atoms. The summed E-state index contributed by atoms with van der Waals surface area (Å²) in [5.41, 5.74) is 0. The van der Waals surface area contributed by atoms with Crippen molar-refractivity contribution in [3.8, 4) is 0 Å². The van der Waals surface area contributed by atoms with Gasteiger partial charge in [-0.1, -0.05) is 12.2 Å². The zero-order valence-corrected chi connectivity index (χ0v) is 7.16. The average molecular weight is 158 g/mol. The van der Waals surface area contributed by atoms with Crippen molar-refractivity contribution in [1.82, 2.24) is 0 Å². The molecule has 0 aliphatic carbocycles. The number of aliphatic hydroxyl groups excluding tert-OH is 2. The minimum atomic E-state index is 0.176. The van der Waals surface area contributed by atoms with Gasteiger partial charge >= 0.3 is 0 Å². The van der Waals surface area contributed by atoms with Crippen LogP contribution in [0.25, 0.3) is 0 Å². The van der Waals surface area contributed by atoms with Gasteiger partial charge in [-0.2, -0.15) is 0 Å². The normalized spacial score (nSPS) is 10.8. The third-order valence-corrected chi connectivity index (χ3v) is 1.04. The third kappa shape index (κ3) is 12.6. The fourth-order valence-electron chi connectivity index (χ4n) is 0.459. The minimum absolute atomic E-state index is 0.176. The Labute approximate surface area is 68.9 Å². The minimum Gasteiger partial charge on any atom is -0.397 e. The van der Waals surface area contributed by atoms with Crippen LogP contribution < -0.4 is 0 Å². The van der Waals surface area contributed by atoms with Crippen LogP contribution in [0.15, 0.2) is 25.3 Å². The lowest BCUT2D eigenvalue weighted by molar-refractivity contribution is 0.254. The first-order valence-electron chi connectivity index (χ1n) is 3.71. The van der Waals surface area contributed by atoms with E-state index in [0.29, 0.717) is 0 Å². The Morgan fingerprint density at radius 3 is 1.91 bits per heavy atom. The van der Waals surface area contributed by atoms with Crippen molar-refractivity contribution in [3.05, 3.63) is 25.3 Å². The van der Waals surface area contributed by atoms with Crippen LogP contribution in [-0.4, -0.2) is 23.4 Å². The van der Waals surface area contributed by atoms with Gasteiger partial charge < -0.3 is 10.2 Å². The highest BCUT2D eigenvalue weighted by atomic mass is 16.3. The molecule has 0 rings (SSSR count). The summed E-state index contributed by atoms with van der Waals surface area (Å²) in [5.74, 6) is 0.201. The maximum Gasteiger partial charge on any atom is 0.0496 e. The van der Waals surface area contributed by atoms with E-state index in [9.17, 15) is 0 Å². The van der Waals surface area contributed by atoms with Gasteiger partial charge in [-0.3, -0.25) is 0 Å². The maximum absolute atomic E-state index is 8.54. The van der Waals surface area contributed by atoms with Gasteiger partial charge in [-0.25, -0.2) is 0 Å². The molecular weight excluding hydrogens is 140 g/mol. The smallest absolute Gasteiger partial charge is 0.0496 e. The summed E-state index contributed by atoms with van der Waals surface area (Å²) in [6.07, 6.45) is 4.34. The summed E-state index contributed by atoms with van der Waals surface area (Å²) in [7, 11) is 0. The summed E-state index contributed by atoms with van der Waals surface area (Å²) < 4.78 is 0. The predicted molar refractivity (Wildman–Crippen MR) is 48.3 cm³/mol. The summed E-state index contributed by atoms with van der Waals surface area (Å²) >= 11 is 0. The highest BCUT2D eigenvalue weighted by molar-refractivity contribution is 4.84. The fourth-order valence-corrected chi connectivity index (χ4v) is 0.459. The molecule has 0 aromatic carbocycles. The molecule has 1 atom stereocenters. The monoisotopic (exact) mass is 158 g/mol. The second-order valence-corrected chi connectivity index (χ2v) is 2.02. The lowest BCUT2D eigenvalue weighted by Gasteiger charge is -2.01. The second kappa shape index (κ2) is 12.1. The van der Waals surface area contributed by atoms with Crippen LogP contribution in [0.5, 0.6) is 0 Å². The molecule has 0 spiro atoms. The number of hydrogen-bond acceptors (Lipinski definition) is 2. The molecule has 0 radical (unpaired) electrons. The average Bonchev–Trinajstić information content (AvgIpc) is 2.02. The molecule has 1 unspecified atom stereocenters. The molecule has 0 saturated heterocycles. The standard InChI is InChI=1S/C7H12O.C2H6O/c1-3-5-7(4-2)6-8;1-2-3/h3-4,7-8H,1-2,5-6H2;3H,2H2,1H3. The van der Waals surface area contributed by atoms with Crippen LogP contribution >= 0.6 is 0 Å². The van der Waals surface area contributed by atoms with E-state index in [1.54, 1.807) is 19.1 Å². The van der Waals surface area contributed by atoms with E-state index in [0.717, 1.165) is 6.42 Å². The first-order chi connectivity index (χ1) is 5.26. The van der Waals surface area contributed by atoms with E-state index < -0.39 is 0 Å². The van der Waals surface area contributed by atoms with Crippen LogP contribution in [0.3, 0.4) is 0 Å². The number of allylic oxidation sites excluding steroid dienone is 1. The highest BCUT2D eigenvalue weighted by Gasteiger charge is 1.95. The van der Waals surface area contributed by atoms with Crippen molar-refractivity contribution in [2.45, 2.75) is 13.3 Å². The van der Waals surface area contributed by atoms with Crippen molar-refractivity contribution in [1.29, 1.82) is 0 Å². The van der Waals surface area contributed by atoms with Gasteiger partial charge in [0, 0.05) is 19.1 Å². The van der Waals surface area contributed by atoms with Gasteiger partial charge in [0.2, 0.25) is 0 Å². The first kappa shape index (κ1) is 13.0. The van der Waals surface area contributed by atoms with Gasteiger partial charge in [0.15, 0.2) is 0 Å². The summed E-state index contributed by atoms with van der Waals surface area (Å²) in [6, 6.07) is 0. The van der Waals surface area contributed by atoms with Crippen LogP contribution in [0.2, 0.25) is 0 Å². The molecule has 2 nitrogen and oxygen atoms in total. The number of hydrogen-bond donors (Lipinski definition) is 2. The van der Waals surface area contributed by atoms with Gasteiger partial charge in [0.25, 0.3) is 0 Å². The fraction of sp³-hybridized carbons (Fsp3) is 0.556. The molecule has 0 aromatic heterocycles. The molecule has 0 saturated carbocycles. The molecule has 2 N–H and O–H groups in total. The topological polar surface area (TPSA) is 40.5 Å². The molecule has 0 aromatic rings. The molecule has 0 heterocycles. The quantitative estimate of drug-likeness (QED) is 0.606. The van der Waals surface area contributed by atoms with E-state index in [2.05, 4.69) is 13.2 Å². The Bertz CT molecular complexity index is 89.6. The van der Waals surface area contributed by atoms with Crippen LogP contribution in [-0.2, 0) is 0 Å². The van der Waals surface area contributed by atoms with Gasteiger partial charge in [-0.05, 0) is 13.3 Å². The largest absolute Gasteiger partial charge is 0.397 e. The van der Waals surface area contributed by atoms with Crippen LogP contribution in [0.4, 0.5) is 0 Å². The maximum atomic E-state index is 8.54. The molecule has 2 heteroatoms. The van der Waals surface area contributed by atoms with E-state index in [-0.39, 0.29) is 19.1 Å². The Morgan fingerprint density at radius 1 is 1.36 bits per heavy atom. The van der Waals surface area contributed by atoms with E-state index in [4.69, 9.17) is 10.2 Å². The number of aliphatic hydroxyl groups is 2. The van der Waals surface area contributed by atoms with Crippen LogP contribution in [0.1, 0.15) is 13.3 Å². The van der Waals surface area contributed by atoms with Gasteiger partial charge in [0.1, 0.15) is 0 Å². The molecule has 0 fully saturated rings. The summed E-state index contributed by atoms with van der Waals surface area (Å²) in [5, 5.41) is 16.1. The van der Waals surface area contributed by atoms with E-state index in [1.807, 2.05) is 0 Å². The van der Waals surface area contributed by atoms with Crippen molar-refractivity contribution < 1.29 is 10.2 Å². The number of rotatable bonds is 4. The highest BCUT2D eigenvalue weighted by Crippen LogP contribution is 2.01. The molecule has 66 valence electrons. The molecule has 0 aliphatic rings. The second-order valence-electron chi connectivity index (χ2n) is 2.02. The van der Waals surface area contributed by atoms with E-state index >= 15 is 0 Å². The van der Waals surface area contributed by atoms with Crippen molar-refractivity contribution in [2.75, 3.05) is 13.2 Å². The molecule has 0 aliphatic heterocycles. The zero-order valence-electron chi connectivity index (χ0n) is 7.16.